The van der Waals surface area contributed by atoms with E-state index in [-0.39, 0.29) is 11.2 Å². The Balaban J connectivity index is 1.78. The maximum atomic E-state index is 12.3. The lowest BCUT2D eigenvalue weighted by Gasteiger charge is -2.22. The minimum atomic E-state index is -0.462. The summed E-state index contributed by atoms with van der Waals surface area (Å²) in [6, 6.07) is 12.7. The molecule has 0 unspecified atom stereocenters. The van der Waals surface area contributed by atoms with Crippen molar-refractivity contribution in [2.45, 2.75) is 46.0 Å². The number of rotatable bonds is 2. The number of carbonyl (C=O) groups excluding carboxylic acids is 1. The van der Waals surface area contributed by atoms with Gasteiger partial charge in [0.05, 0.1) is 11.3 Å². The van der Waals surface area contributed by atoms with Crippen LogP contribution in [-0.2, 0) is 16.7 Å². The van der Waals surface area contributed by atoms with Crippen molar-refractivity contribution in [3.8, 4) is 5.75 Å². The number of nitrogens with zero attached hydrogens (tertiary/aromatic N) is 1. The van der Waals surface area contributed by atoms with E-state index in [4.69, 9.17) is 4.84 Å². The Morgan fingerprint density at radius 2 is 1.81 bits per heavy atom. The smallest absolute Gasteiger partial charge is 0.365 e. The first kappa shape index (κ1) is 18.2. The zero-order chi connectivity index (χ0) is 18.9. The predicted molar refractivity (Wildman–Crippen MR) is 103 cm³/mol. The number of oxime groups is 1. The van der Waals surface area contributed by atoms with Crippen LogP contribution in [-0.4, -0.2) is 16.8 Å². The van der Waals surface area contributed by atoms with Crippen molar-refractivity contribution in [3.05, 3.63) is 64.7 Å². The molecule has 0 radical (unpaired) electrons. The molecule has 2 aromatic carbocycles. The normalized spacial score (nSPS) is 18.5. The molecule has 2 aromatic rings. The number of fused-ring (bicyclic) bond motifs is 1. The zero-order valence-corrected chi connectivity index (χ0v) is 15.7. The maximum Gasteiger partial charge on any atom is 0.365 e. The van der Waals surface area contributed by atoms with Crippen LogP contribution >= 0.6 is 0 Å². The SMILES string of the molecule is C[C@H]1C/C(=N\OC(=O)c2ccc(C(C)(C)C)cc2)c2ccc(O)cc2C1. The molecule has 0 amide bonds. The van der Waals surface area contributed by atoms with E-state index in [2.05, 4.69) is 32.9 Å². The molecular formula is C22H25NO3. The standard InChI is InChI=1S/C22H25NO3/c1-14-11-16-13-18(24)9-10-19(16)20(12-14)23-26-21(25)15-5-7-17(8-6-15)22(2,3)4/h5-10,13-14,24H,11-12H2,1-4H3/b23-20+/t14-/m1/s1. The van der Waals surface area contributed by atoms with Gasteiger partial charge in [0.1, 0.15) is 5.75 Å². The van der Waals surface area contributed by atoms with Gasteiger partial charge in [-0.2, -0.15) is 0 Å². The van der Waals surface area contributed by atoms with Crippen LogP contribution in [0.3, 0.4) is 0 Å². The summed E-state index contributed by atoms with van der Waals surface area (Å²) in [5.41, 5.74) is 4.41. The monoisotopic (exact) mass is 351 g/mol. The molecule has 0 fully saturated rings. The molecule has 0 aliphatic heterocycles. The molecule has 3 rings (SSSR count). The third kappa shape index (κ3) is 3.96. The largest absolute Gasteiger partial charge is 0.508 e. The van der Waals surface area contributed by atoms with Crippen molar-refractivity contribution in [1.29, 1.82) is 0 Å². The van der Waals surface area contributed by atoms with E-state index in [0.717, 1.165) is 35.2 Å². The van der Waals surface area contributed by atoms with E-state index < -0.39 is 5.97 Å². The van der Waals surface area contributed by atoms with E-state index in [1.807, 2.05) is 18.2 Å². The van der Waals surface area contributed by atoms with Gasteiger partial charge in [0.15, 0.2) is 0 Å². The molecule has 26 heavy (non-hydrogen) atoms. The summed E-state index contributed by atoms with van der Waals surface area (Å²) in [6.07, 6.45) is 1.62. The number of phenolic OH excluding ortho intramolecular Hbond substituents is 1. The Hall–Kier alpha value is -2.62. The van der Waals surface area contributed by atoms with Gasteiger partial charge >= 0.3 is 5.97 Å². The van der Waals surface area contributed by atoms with Crippen LogP contribution in [0, 0.1) is 5.92 Å². The van der Waals surface area contributed by atoms with Crippen molar-refractivity contribution in [2.24, 2.45) is 11.1 Å². The van der Waals surface area contributed by atoms with Gasteiger partial charge in [-0.25, -0.2) is 4.79 Å². The van der Waals surface area contributed by atoms with Crippen molar-refractivity contribution in [3.63, 3.8) is 0 Å². The minimum Gasteiger partial charge on any atom is -0.508 e. The second-order valence-corrected chi connectivity index (χ2v) is 8.10. The first-order chi connectivity index (χ1) is 12.2. The van der Waals surface area contributed by atoms with Crippen LogP contribution in [0.2, 0.25) is 0 Å². The van der Waals surface area contributed by atoms with E-state index in [9.17, 15) is 9.90 Å². The van der Waals surface area contributed by atoms with Gasteiger partial charge in [-0.05, 0) is 65.6 Å². The molecule has 0 spiro atoms. The number of carbonyl (C=O) groups is 1. The highest BCUT2D eigenvalue weighted by molar-refractivity contribution is 6.03. The van der Waals surface area contributed by atoms with E-state index in [1.54, 1.807) is 24.3 Å². The maximum absolute atomic E-state index is 12.3. The topological polar surface area (TPSA) is 58.9 Å². The average molecular weight is 351 g/mol. The molecule has 0 heterocycles. The highest BCUT2D eigenvalue weighted by atomic mass is 16.7. The van der Waals surface area contributed by atoms with E-state index in [0.29, 0.717) is 11.5 Å². The molecule has 1 N–H and O–H groups in total. The van der Waals surface area contributed by atoms with Gasteiger partial charge in [0.25, 0.3) is 0 Å². The summed E-state index contributed by atoms with van der Waals surface area (Å²) in [5, 5.41) is 13.8. The van der Waals surface area contributed by atoms with Gasteiger partial charge < -0.3 is 9.94 Å². The van der Waals surface area contributed by atoms with Crippen LogP contribution in [0.25, 0.3) is 0 Å². The molecule has 0 bridgehead atoms. The Kier molecular flexibility index (Phi) is 4.86. The summed E-state index contributed by atoms with van der Waals surface area (Å²) in [4.78, 5) is 17.5. The Morgan fingerprint density at radius 1 is 1.12 bits per heavy atom. The Morgan fingerprint density at radius 3 is 2.46 bits per heavy atom. The minimum absolute atomic E-state index is 0.0379. The van der Waals surface area contributed by atoms with Crippen LogP contribution < -0.4 is 0 Å². The van der Waals surface area contributed by atoms with Crippen molar-refractivity contribution in [2.75, 3.05) is 0 Å². The number of aromatic hydroxyl groups is 1. The molecule has 0 aromatic heterocycles. The number of hydrogen-bond donors (Lipinski definition) is 1. The number of benzene rings is 2. The summed E-state index contributed by atoms with van der Waals surface area (Å²) < 4.78 is 0. The molecule has 136 valence electrons. The van der Waals surface area contributed by atoms with Crippen LogP contribution in [0.1, 0.15) is 61.2 Å². The van der Waals surface area contributed by atoms with Crippen molar-refractivity contribution >= 4 is 11.7 Å². The molecule has 0 saturated heterocycles. The lowest BCUT2D eigenvalue weighted by molar-refractivity contribution is 0.0515. The lowest BCUT2D eigenvalue weighted by atomic mass is 9.83. The second kappa shape index (κ2) is 6.94. The third-order valence-corrected chi connectivity index (χ3v) is 4.74. The van der Waals surface area contributed by atoms with E-state index in [1.165, 1.54) is 0 Å². The average Bonchev–Trinajstić information content (AvgIpc) is 2.58. The van der Waals surface area contributed by atoms with Gasteiger partial charge in [0.2, 0.25) is 0 Å². The van der Waals surface area contributed by atoms with Crippen molar-refractivity contribution < 1.29 is 14.7 Å². The molecular weight excluding hydrogens is 326 g/mol. The molecule has 1 atom stereocenters. The predicted octanol–water partition coefficient (Wildman–Crippen LogP) is 4.83. The van der Waals surface area contributed by atoms with Gasteiger partial charge in [-0.3, -0.25) is 0 Å². The second-order valence-electron chi connectivity index (χ2n) is 8.10. The highest BCUT2D eigenvalue weighted by Crippen LogP contribution is 2.29. The van der Waals surface area contributed by atoms with Gasteiger partial charge in [0, 0.05) is 5.56 Å². The molecule has 1 aliphatic carbocycles. The first-order valence-electron chi connectivity index (χ1n) is 8.95. The first-order valence-corrected chi connectivity index (χ1v) is 8.95. The number of phenols is 1. The van der Waals surface area contributed by atoms with E-state index >= 15 is 0 Å². The van der Waals surface area contributed by atoms with Crippen LogP contribution in [0.4, 0.5) is 0 Å². The quantitative estimate of drug-likeness (QED) is 0.622. The van der Waals surface area contributed by atoms with Crippen LogP contribution in [0.15, 0.2) is 47.6 Å². The zero-order valence-electron chi connectivity index (χ0n) is 15.7. The van der Waals surface area contributed by atoms with Crippen molar-refractivity contribution in [1.82, 2.24) is 0 Å². The fourth-order valence-electron chi connectivity index (χ4n) is 3.26. The molecule has 0 saturated carbocycles. The fourth-order valence-corrected chi connectivity index (χ4v) is 3.26. The summed E-state index contributed by atoms with van der Waals surface area (Å²) in [6.45, 7) is 8.51. The third-order valence-electron chi connectivity index (χ3n) is 4.74. The Labute approximate surface area is 154 Å². The van der Waals surface area contributed by atoms with Gasteiger partial charge in [-0.1, -0.05) is 45.0 Å². The van der Waals surface area contributed by atoms with Gasteiger partial charge in [-0.15, -0.1) is 0 Å². The fraction of sp³-hybridized carbons (Fsp3) is 0.364. The lowest BCUT2D eigenvalue weighted by Crippen LogP contribution is -2.19. The Bertz CT molecular complexity index is 845. The molecule has 1 aliphatic rings. The molecule has 4 nitrogen and oxygen atoms in total. The summed E-state index contributed by atoms with van der Waals surface area (Å²) in [7, 11) is 0. The number of hydrogen-bond acceptors (Lipinski definition) is 4. The highest BCUT2D eigenvalue weighted by Gasteiger charge is 2.22. The van der Waals surface area contributed by atoms with Crippen LogP contribution in [0.5, 0.6) is 5.75 Å². The summed E-state index contributed by atoms with van der Waals surface area (Å²) in [5.74, 6) is 0.164. The molecule has 4 heteroatoms. The summed E-state index contributed by atoms with van der Waals surface area (Å²) >= 11 is 0.